The zero-order valence-electron chi connectivity index (χ0n) is 18.3. The highest BCUT2D eigenvalue weighted by atomic mass is 16.2. The number of hydrogen-bond donors (Lipinski definition) is 1. The van der Waals surface area contributed by atoms with E-state index in [1.54, 1.807) is 11.1 Å². The number of piperidine rings is 1. The fourth-order valence-corrected chi connectivity index (χ4v) is 4.47. The van der Waals surface area contributed by atoms with Crippen molar-refractivity contribution in [2.24, 2.45) is 5.41 Å². The molecule has 3 aromatic rings. The number of benzene rings is 2. The molecular formula is C26H28N4O2. The van der Waals surface area contributed by atoms with Crippen LogP contribution in [-0.4, -0.2) is 46.3 Å². The molecule has 6 nitrogen and oxygen atoms in total. The fraction of sp³-hybridized carbons (Fsp3) is 0.308. The first-order valence-corrected chi connectivity index (χ1v) is 11.1. The van der Waals surface area contributed by atoms with Crippen molar-refractivity contribution in [2.75, 3.05) is 19.6 Å². The van der Waals surface area contributed by atoms with Crippen LogP contribution in [0.1, 0.15) is 35.8 Å². The Labute approximate surface area is 188 Å². The number of aromatic nitrogens is 2. The molecule has 2 amide bonds. The van der Waals surface area contributed by atoms with Gasteiger partial charge in [0, 0.05) is 32.0 Å². The van der Waals surface area contributed by atoms with Crippen LogP contribution in [0.15, 0.2) is 73.2 Å². The zero-order valence-corrected chi connectivity index (χ0v) is 18.3. The first kappa shape index (κ1) is 21.7. The molecule has 2 aromatic carbocycles. The van der Waals surface area contributed by atoms with Crippen molar-refractivity contribution in [3.8, 4) is 11.1 Å². The maximum atomic E-state index is 13.2. The number of carbonyl (C=O) groups excluding carboxylic acids is 2. The van der Waals surface area contributed by atoms with Crippen LogP contribution in [0.5, 0.6) is 0 Å². The van der Waals surface area contributed by atoms with Crippen LogP contribution in [0, 0.1) is 5.41 Å². The molecule has 1 aromatic heterocycles. The Morgan fingerprint density at radius 1 is 1.03 bits per heavy atom. The van der Waals surface area contributed by atoms with Gasteiger partial charge in [-0.2, -0.15) is 0 Å². The van der Waals surface area contributed by atoms with Crippen molar-refractivity contribution < 1.29 is 9.59 Å². The second-order valence-electron chi connectivity index (χ2n) is 8.30. The third-order valence-electron chi connectivity index (χ3n) is 6.07. The molecule has 0 radical (unpaired) electrons. The Balaban J connectivity index is 1.57. The van der Waals surface area contributed by atoms with Gasteiger partial charge in [-0.05, 0) is 42.9 Å². The number of rotatable bonds is 6. The van der Waals surface area contributed by atoms with Crippen molar-refractivity contribution in [2.45, 2.75) is 26.2 Å². The zero-order chi connectivity index (χ0) is 22.4. The highest BCUT2D eigenvalue weighted by molar-refractivity contribution is 5.93. The van der Waals surface area contributed by atoms with Gasteiger partial charge < -0.3 is 10.2 Å². The minimum atomic E-state index is -0.666. The van der Waals surface area contributed by atoms with Gasteiger partial charge in [0.05, 0.1) is 11.6 Å². The first-order valence-electron chi connectivity index (χ1n) is 11.1. The molecule has 6 heteroatoms. The summed E-state index contributed by atoms with van der Waals surface area (Å²) in [7, 11) is 0. The third kappa shape index (κ3) is 4.69. The van der Waals surface area contributed by atoms with Gasteiger partial charge in [-0.3, -0.25) is 14.6 Å². The molecule has 1 fully saturated rings. The summed E-state index contributed by atoms with van der Waals surface area (Å²) in [5.74, 6) is -0.172. The average molecular weight is 429 g/mol. The maximum Gasteiger partial charge on any atom is 0.274 e. The van der Waals surface area contributed by atoms with Crippen molar-refractivity contribution in [1.29, 1.82) is 0 Å². The Bertz CT molecular complexity index is 1050. The summed E-state index contributed by atoms with van der Waals surface area (Å²) >= 11 is 0. The lowest BCUT2D eigenvalue weighted by Gasteiger charge is -2.41. The Morgan fingerprint density at radius 3 is 2.47 bits per heavy atom. The molecule has 4 rings (SSSR count). The maximum absolute atomic E-state index is 13.2. The van der Waals surface area contributed by atoms with Crippen LogP contribution >= 0.6 is 0 Å². The minimum absolute atomic E-state index is 0.00350. The summed E-state index contributed by atoms with van der Waals surface area (Å²) in [6, 6.07) is 18.6. The van der Waals surface area contributed by atoms with Crippen molar-refractivity contribution in [3.63, 3.8) is 0 Å². The molecule has 0 bridgehead atoms. The van der Waals surface area contributed by atoms with Crippen LogP contribution in [0.2, 0.25) is 0 Å². The summed E-state index contributed by atoms with van der Waals surface area (Å²) in [6.45, 7) is 3.47. The van der Waals surface area contributed by atoms with Gasteiger partial charge in [-0.25, -0.2) is 4.98 Å². The Hall–Kier alpha value is -3.54. The van der Waals surface area contributed by atoms with Gasteiger partial charge >= 0.3 is 0 Å². The van der Waals surface area contributed by atoms with E-state index >= 15 is 0 Å². The molecule has 2 heterocycles. The molecule has 1 aliphatic heterocycles. The molecule has 0 saturated carbocycles. The highest BCUT2D eigenvalue weighted by Crippen LogP contribution is 2.35. The first-order chi connectivity index (χ1) is 15.6. The lowest BCUT2D eigenvalue weighted by molar-refractivity contribution is -0.133. The molecule has 1 atom stereocenters. The standard InChI is InChI=1S/C26H28N4O2/c1-2-28-25(32)26(13-6-16-30(19-26)24(31)23-18-27-14-15-29-23)17-20-9-11-22(12-10-20)21-7-4-3-5-8-21/h3-5,7-12,14-15,18H,2,6,13,16-17,19H2,1H3,(H,28,32)/t26-/m0/s1. The van der Waals surface area contributed by atoms with E-state index in [0.29, 0.717) is 31.7 Å². The van der Waals surface area contributed by atoms with E-state index in [4.69, 9.17) is 0 Å². The second-order valence-corrected chi connectivity index (χ2v) is 8.30. The van der Waals surface area contributed by atoms with E-state index in [0.717, 1.165) is 29.5 Å². The smallest absolute Gasteiger partial charge is 0.274 e. The van der Waals surface area contributed by atoms with E-state index < -0.39 is 5.41 Å². The predicted molar refractivity (Wildman–Crippen MR) is 124 cm³/mol. The summed E-state index contributed by atoms with van der Waals surface area (Å²) in [5.41, 5.74) is 3.04. The molecule has 1 N–H and O–H groups in total. The number of amides is 2. The van der Waals surface area contributed by atoms with Gasteiger partial charge in [-0.15, -0.1) is 0 Å². The van der Waals surface area contributed by atoms with Crippen LogP contribution < -0.4 is 5.32 Å². The molecule has 0 aliphatic carbocycles. The van der Waals surface area contributed by atoms with Crippen molar-refractivity contribution in [1.82, 2.24) is 20.2 Å². The van der Waals surface area contributed by atoms with E-state index in [1.807, 2.05) is 25.1 Å². The molecule has 0 spiro atoms. The molecule has 164 valence electrons. The van der Waals surface area contributed by atoms with E-state index in [1.165, 1.54) is 12.4 Å². The van der Waals surface area contributed by atoms with E-state index in [-0.39, 0.29) is 11.8 Å². The number of likely N-dealkylation sites (tertiary alicyclic amines) is 1. The average Bonchev–Trinajstić information content (AvgIpc) is 2.85. The fourth-order valence-electron chi connectivity index (χ4n) is 4.47. The Morgan fingerprint density at radius 2 is 1.78 bits per heavy atom. The topological polar surface area (TPSA) is 75.2 Å². The molecular weight excluding hydrogens is 400 g/mol. The number of nitrogens with zero attached hydrogens (tertiary/aromatic N) is 3. The van der Waals surface area contributed by atoms with Gasteiger partial charge in [0.2, 0.25) is 5.91 Å². The summed E-state index contributed by atoms with van der Waals surface area (Å²) in [4.78, 5) is 36.2. The van der Waals surface area contributed by atoms with Gasteiger partial charge in [0.15, 0.2) is 0 Å². The molecule has 1 saturated heterocycles. The number of carbonyl (C=O) groups is 2. The SMILES string of the molecule is CCNC(=O)[C@]1(Cc2ccc(-c3ccccc3)cc2)CCCN(C(=O)c2cnccn2)C1. The normalized spacial score (nSPS) is 18.2. The van der Waals surface area contributed by atoms with Crippen LogP contribution in [-0.2, 0) is 11.2 Å². The summed E-state index contributed by atoms with van der Waals surface area (Å²) < 4.78 is 0. The predicted octanol–water partition coefficient (Wildman–Crippen LogP) is 3.74. The van der Waals surface area contributed by atoms with Crippen molar-refractivity contribution >= 4 is 11.8 Å². The van der Waals surface area contributed by atoms with Crippen LogP contribution in [0.25, 0.3) is 11.1 Å². The lowest BCUT2D eigenvalue weighted by atomic mass is 9.74. The summed E-state index contributed by atoms with van der Waals surface area (Å²) in [5, 5.41) is 3.01. The molecule has 0 unspecified atom stereocenters. The van der Waals surface area contributed by atoms with Crippen LogP contribution in [0.4, 0.5) is 0 Å². The van der Waals surface area contributed by atoms with Gasteiger partial charge in [0.25, 0.3) is 5.91 Å². The summed E-state index contributed by atoms with van der Waals surface area (Å²) in [6.07, 6.45) is 6.63. The number of hydrogen-bond acceptors (Lipinski definition) is 4. The number of nitrogens with one attached hydrogen (secondary N) is 1. The highest BCUT2D eigenvalue weighted by Gasteiger charge is 2.43. The minimum Gasteiger partial charge on any atom is -0.356 e. The van der Waals surface area contributed by atoms with Crippen LogP contribution in [0.3, 0.4) is 0 Å². The largest absolute Gasteiger partial charge is 0.356 e. The van der Waals surface area contributed by atoms with Crippen molar-refractivity contribution in [3.05, 3.63) is 84.4 Å². The molecule has 1 aliphatic rings. The van der Waals surface area contributed by atoms with E-state index in [2.05, 4.69) is 51.7 Å². The molecule has 32 heavy (non-hydrogen) atoms. The van der Waals surface area contributed by atoms with E-state index in [9.17, 15) is 9.59 Å². The monoisotopic (exact) mass is 428 g/mol. The van der Waals surface area contributed by atoms with Gasteiger partial charge in [-0.1, -0.05) is 54.6 Å². The lowest BCUT2D eigenvalue weighted by Crippen LogP contribution is -2.54. The second kappa shape index (κ2) is 9.73. The quantitative estimate of drug-likeness (QED) is 0.649. The Kier molecular flexibility index (Phi) is 6.59. The third-order valence-corrected chi connectivity index (χ3v) is 6.07. The van der Waals surface area contributed by atoms with Gasteiger partial charge in [0.1, 0.15) is 5.69 Å².